The van der Waals surface area contributed by atoms with Crippen LogP contribution in [0.15, 0.2) is 71.6 Å². The van der Waals surface area contributed by atoms with Crippen LogP contribution in [0.25, 0.3) is 0 Å². The monoisotopic (exact) mass is 442 g/mol. The van der Waals surface area contributed by atoms with E-state index in [4.69, 9.17) is 4.74 Å². The molecule has 3 aromatic carbocycles. The summed E-state index contributed by atoms with van der Waals surface area (Å²) in [4.78, 5) is 14.3. The molecule has 0 aliphatic rings. The highest BCUT2D eigenvalue weighted by Gasteiger charge is 2.19. The third-order valence-corrected chi connectivity index (χ3v) is 6.19. The molecule has 0 saturated heterocycles. The molecule has 1 N–H and O–H groups in total. The van der Waals surface area contributed by atoms with E-state index in [0.29, 0.717) is 22.6 Å². The Labute approximate surface area is 181 Å². The molecule has 0 heterocycles. The van der Waals surface area contributed by atoms with Gasteiger partial charge in [0, 0.05) is 24.7 Å². The Morgan fingerprint density at radius 1 is 1.06 bits per heavy atom. The van der Waals surface area contributed by atoms with Crippen molar-refractivity contribution >= 4 is 21.6 Å². The highest BCUT2D eigenvalue weighted by atomic mass is 32.2. The molecule has 0 aromatic heterocycles. The summed E-state index contributed by atoms with van der Waals surface area (Å²) in [6.07, 6.45) is 0. The maximum absolute atomic E-state index is 13.9. The molecule has 0 aliphatic carbocycles. The molecule has 3 aromatic rings. The first-order chi connectivity index (χ1) is 14.7. The summed E-state index contributed by atoms with van der Waals surface area (Å²) in [6.45, 7) is 1.83. The standard InChI is InChI=1S/C23H23FN2O4S/c1-16-8-9-17(23(27)26(2)15-18-6-4-5-7-21(18)24)14-22(16)25-31(28,29)20-12-10-19(30-3)11-13-20/h4-14,25H,15H2,1-3H3. The lowest BCUT2D eigenvalue weighted by Crippen LogP contribution is -2.27. The third kappa shape index (κ3) is 5.21. The van der Waals surface area contributed by atoms with Crippen LogP contribution in [-0.4, -0.2) is 33.4 Å². The number of rotatable bonds is 7. The fourth-order valence-electron chi connectivity index (χ4n) is 3.00. The molecule has 31 heavy (non-hydrogen) atoms. The minimum Gasteiger partial charge on any atom is -0.497 e. The number of nitrogens with zero attached hydrogens (tertiary/aromatic N) is 1. The zero-order valence-corrected chi connectivity index (χ0v) is 18.2. The highest BCUT2D eigenvalue weighted by Crippen LogP contribution is 2.23. The highest BCUT2D eigenvalue weighted by molar-refractivity contribution is 7.92. The van der Waals surface area contributed by atoms with E-state index >= 15 is 0 Å². The van der Waals surface area contributed by atoms with Crippen molar-refractivity contribution in [3.05, 3.63) is 89.2 Å². The van der Waals surface area contributed by atoms with Crippen molar-refractivity contribution in [1.29, 1.82) is 0 Å². The number of anilines is 1. The maximum atomic E-state index is 13.9. The molecular weight excluding hydrogens is 419 g/mol. The first kappa shape index (κ1) is 22.3. The summed E-state index contributed by atoms with van der Waals surface area (Å²) in [6, 6.07) is 17.0. The van der Waals surface area contributed by atoms with Gasteiger partial charge in [-0.2, -0.15) is 0 Å². The van der Waals surface area contributed by atoms with Gasteiger partial charge in [0.2, 0.25) is 0 Å². The number of hydrogen-bond acceptors (Lipinski definition) is 4. The smallest absolute Gasteiger partial charge is 0.261 e. The number of hydrogen-bond donors (Lipinski definition) is 1. The predicted molar refractivity (Wildman–Crippen MR) is 117 cm³/mol. The molecule has 0 spiro atoms. The summed E-state index contributed by atoms with van der Waals surface area (Å²) in [7, 11) is -0.796. The Hall–Kier alpha value is -3.39. The van der Waals surface area contributed by atoms with Gasteiger partial charge in [-0.3, -0.25) is 9.52 Å². The number of aryl methyl sites for hydroxylation is 1. The molecule has 0 radical (unpaired) electrons. The van der Waals surface area contributed by atoms with Gasteiger partial charge in [0.15, 0.2) is 0 Å². The average molecular weight is 443 g/mol. The van der Waals surface area contributed by atoms with Crippen molar-refractivity contribution in [2.45, 2.75) is 18.4 Å². The topological polar surface area (TPSA) is 75.7 Å². The number of amides is 1. The molecule has 3 rings (SSSR count). The normalized spacial score (nSPS) is 11.1. The van der Waals surface area contributed by atoms with Gasteiger partial charge in [0.05, 0.1) is 17.7 Å². The van der Waals surface area contributed by atoms with Gasteiger partial charge in [-0.15, -0.1) is 0 Å². The number of ether oxygens (including phenoxy) is 1. The van der Waals surface area contributed by atoms with E-state index in [0.717, 1.165) is 0 Å². The Bertz CT molecular complexity index is 1190. The number of carbonyl (C=O) groups excluding carboxylic acids is 1. The number of benzene rings is 3. The van der Waals surface area contributed by atoms with Crippen molar-refractivity contribution in [1.82, 2.24) is 4.90 Å². The van der Waals surface area contributed by atoms with Gasteiger partial charge in [0.25, 0.3) is 15.9 Å². The van der Waals surface area contributed by atoms with E-state index in [1.165, 1.54) is 36.3 Å². The predicted octanol–water partition coefficient (Wildman–Crippen LogP) is 4.22. The van der Waals surface area contributed by atoms with Crippen LogP contribution in [0.5, 0.6) is 5.75 Å². The summed E-state index contributed by atoms with van der Waals surface area (Å²) in [5, 5.41) is 0. The summed E-state index contributed by atoms with van der Waals surface area (Å²) in [5.74, 6) is -0.201. The SMILES string of the molecule is COc1ccc(S(=O)(=O)Nc2cc(C(=O)N(C)Cc3ccccc3F)ccc2C)cc1. The summed E-state index contributed by atoms with van der Waals surface area (Å²) >= 11 is 0. The fourth-order valence-corrected chi connectivity index (χ4v) is 4.12. The number of nitrogens with one attached hydrogen (secondary N) is 1. The summed E-state index contributed by atoms with van der Waals surface area (Å²) in [5.41, 5.74) is 1.63. The largest absolute Gasteiger partial charge is 0.497 e. The molecule has 162 valence electrons. The van der Waals surface area contributed by atoms with E-state index < -0.39 is 10.0 Å². The molecule has 0 aliphatic heterocycles. The Kier molecular flexibility index (Phi) is 6.60. The van der Waals surface area contributed by atoms with Gasteiger partial charge in [-0.05, 0) is 55.0 Å². The van der Waals surface area contributed by atoms with Crippen molar-refractivity contribution < 1.29 is 22.3 Å². The van der Waals surface area contributed by atoms with Crippen molar-refractivity contribution in [2.75, 3.05) is 18.9 Å². The number of halogens is 1. The second kappa shape index (κ2) is 9.18. The third-order valence-electron chi connectivity index (χ3n) is 4.81. The van der Waals surface area contributed by atoms with E-state index in [1.54, 1.807) is 56.4 Å². The Balaban J connectivity index is 1.82. The van der Waals surface area contributed by atoms with E-state index in [1.807, 2.05) is 0 Å². The molecule has 0 saturated carbocycles. The van der Waals surface area contributed by atoms with Gasteiger partial charge in [0.1, 0.15) is 11.6 Å². The van der Waals surface area contributed by atoms with Gasteiger partial charge < -0.3 is 9.64 Å². The first-order valence-electron chi connectivity index (χ1n) is 9.47. The molecule has 0 bridgehead atoms. The zero-order chi connectivity index (χ0) is 22.6. The van der Waals surface area contributed by atoms with Crippen molar-refractivity contribution in [2.24, 2.45) is 0 Å². The van der Waals surface area contributed by atoms with E-state index in [-0.39, 0.29) is 28.7 Å². The zero-order valence-electron chi connectivity index (χ0n) is 17.4. The molecule has 8 heteroatoms. The number of methoxy groups -OCH3 is 1. The molecular formula is C23H23FN2O4S. The Morgan fingerprint density at radius 3 is 2.39 bits per heavy atom. The summed E-state index contributed by atoms with van der Waals surface area (Å²) < 4.78 is 47.0. The molecule has 0 atom stereocenters. The molecule has 1 amide bonds. The fraction of sp³-hybridized carbons (Fsp3) is 0.174. The second-order valence-electron chi connectivity index (χ2n) is 7.06. The average Bonchev–Trinajstić information content (AvgIpc) is 2.76. The van der Waals surface area contributed by atoms with E-state index in [2.05, 4.69) is 4.72 Å². The Morgan fingerprint density at radius 2 is 1.74 bits per heavy atom. The van der Waals surface area contributed by atoms with Gasteiger partial charge in [-0.25, -0.2) is 12.8 Å². The van der Waals surface area contributed by atoms with Gasteiger partial charge in [-0.1, -0.05) is 24.3 Å². The van der Waals surface area contributed by atoms with Crippen molar-refractivity contribution in [3.63, 3.8) is 0 Å². The van der Waals surface area contributed by atoms with Crippen LogP contribution in [0.3, 0.4) is 0 Å². The van der Waals surface area contributed by atoms with Crippen LogP contribution in [-0.2, 0) is 16.6 Å². The second-order valence-corrected chi connectivity index (χ2v) is 8.75. The van der Waals surface area contributed by atoms with Crippen LogP contribution < -0.4 is 9.46 Å². The van der Waals surface area contributed by atoms with Crippen molar-refractivity contribution in [3.8, 4) is 5.75 Å². The maximum Gasteiger partial charge on any atom is 0.261 e. The molecule has 0 fully saturated rings. The van der Waals surface area contributed by atoms with Crippen LogP contribution in [0.1, 0.15) is 21.5 Å². The van der Waals surface area contributed by atoms with Gasteiger partial charge >= 0.3 is 0 Å². The lowest BCUT2D eigenvalue weighted by molar-refractivity contribution is 0.0784. The molecule has 0 unspecified atom stereocenters. The molecule has 6 nitrogen and oxygen atoms in total. The lowest BCUT2D eigenvalue weighted by Gasteiger charge is -2.19. The number of carbonyl (C=O) groups is 1. The minimum absolute atomic E-state index is 0.0705. The van der Waals surface area contributed by atoms with E-state index in [9.17, 15) is 17.6 Å². The first-order valence-corrected chi connectivity index (χ1v) is 11.0. The minimum atomic E-state index is -3.86. The lowest BCUT2D eigenvalue weighted by atomic mass is 10.1. The van der Waals surface area contributed by atoms with Crippen LogP contribution in [0, 0.1) is 12.7 Å². The van der Waals surface area contributed by atoms with Crippen LogP contribution >= 0.6 is 0 Å². The van der Waals surface area contributed by atoms with Crippen LogP contribution in [0.2, 0.25) is 0 Å². The quantitative estimate of drug-likeness (QED) is 0.595. The van der Waals surface area contributed by atoms with Crippen LogP contribution in [0.4, 0.5) is 10.1 Å². The number of sulfonamides is 1.